The van der Waals surface area contributed by atoms with E-state index in [1.54, 1.807) is 0 Å². The molecule has 0 aromatic heterocycles. The summed E-state index contributed by atoms with van der Waals surface area (Å²) in [5.74, 6) is 0.451. The van der Waals surface area contributed by atoms with Crippen molar-refractivity contribution in [2.45, 2.75) is 37.6 Å². The highest BCUT2D eigenvalue weighted by Crippen LogP contribution is 2.34. The molecule has 20 heavy (non-hydrogen) atoms. The largest absolute Gasteiger partial charge is 0.395 e. The molecule has 1 aliphatic heterocycles. The zero-order valence-corrected chi connectivity index (χ0v) is 11.7. The number of hydrogen-bond donors (Lipinski definition) is 2. The van der Waals surface area contributed by atoms with Crippen LogP contribution < -0.4 is 5.32 Å². The van der Waals surface area contributed by atoms with Gasteiger partial charge in [-0.2, -0.15) is 0 Å². The third-order valence-electron chi connectivity index (χ3n) is 4.54. The lowest BCUT2D eigenvalue weighted by molar-refractivity contribution is -0.136. The molecule has 108 valence electrons. The zero-order valence-electron chi connectivity index (χ0n) is 11.7. The maximum atomic E-state index is 12.5. The zero-order chi connectivity index (χ0) is 13.9. The van der Waals surface area contributed by atoms with Crippen molar-refractivity contribution in [3.63, 3.8) is 0 Å². The maximum Gasteiger partial charge on any atom is 0.223 e. The second kappa shape index (κ2) is 5.83. The predicted molar refractivity (Wildman–Crippen MR) is 78.7 cm³/mol. The van der Waals surface area contributed by atoms with E-state index in [9.17, 15) is 4.79 Å². The molecule has 2 N–H and O–H groups in total. The van der Waals surface area contributed by atoms with Crippen LogP contribution >= 0.6 is 0 Å². The number of nitrogens with one attached hydrogen (secondary N) is 1. The number of aliphatic hydroxyl groups is 1. The molecule has 1 amide bonds. The van der Waals surface area contributed by atoms with Crippen LogP contribution in [0.3, 0.4) is 0 Å². The van der Waals surface area contributed by atoms with E-state index in [0.29, 0.717) is 19.0 Å². The van der Waals surface area contributed by atoms with E-state index in [-0.39, 0.29) is 18.4 Å². The number of carbonyl (C=O) groups excluding carboxylic acids is 1. The normalized spacial score (nSPS) is 20.9. The van der Waals surface area contributed by atoms with E-state index in [2.05, 4.69) is 17.4 Å². The minimum atomic E-state index is 0.0573. The van der Waals surface area contributed by atoms with Crippen molar-refractivity contribution in [2.75, 3.05) is 25.0 Å². The highest BCUT2D eigenvalue weighted by Gasteiger charge is 2.31. The van der Waals surface area contributed by atoms with Crippen LogP contribution in [0.2, 0.25) is 0 Å². The van der Waals surface area contributed by atoms with Crippen LogP contribution in [-0.4, -0.2) is 41.7 Å². The first-order valence-electron chi connectivity index (χ1n) is 7.52. The van der Waals surface area contributed by atoms with Crippen LogP contribution in [0.5, 0.6) is 0 Å². The second-order valence-corrected chi connectivity index (χ2v) is 5.76. The smallest absolute Gasteiger partial charge is 0.223 e. The topological polar surface area (TPSA) is 52.6 Å². The summed E-state index contributed by atoms with van der Waals surface area (Å²) in [6.07, 6.45) is 3.92. The number of benzene rings is 1. The van der Waals surface area contributed by atoms with E-state index in [0.717, 1.165) is 25.1 Å². The van der Waals surface area contributed by atoms with Crippen molar-refractivity contribution >= 4 is 11.6 Å². The molecule has 1 atom stereocenters. The number of carbonyl (C=O) groups is 1. The van der Waals surface area contributed by atoms with Gasteiger partial charge in [-0.3, -0.25) is 4.79 Å². The van der Waals surface area contributed by atoms with Gasteiger partial charge in [-0.15, -0.1) is 0 Å². The summed E-state index contributed by atoms with van der Waals surface area (Å²) in [5.41, 5.74) is 2.40. The molecule has 3 rings (SSSR count). The van der Waals surface area contributed by atoms with Crippen LogP contribution in [-0.2, 0) is 4.79 Å². The van der Waals surface area contributed by atoms with Gasteiger partial charge in [0.2, 0.25) is 5.91 Å². The molecule has 0 radical (unpaired) electrons. The monoisotopic (exact) mass is 274 g/mol. The number of nitrogens with zero attached hydrogens (tertiary/aromatic N) is 1. The minimum Gasteiger partial charge on any atom is -0.395 e. The Morgan fingerprint density at radius 2 is 2.15 bits per heavy atom. The van der Waals surface area contributed by atoms with Crippen molar-refractivity contribution in [3.8, 4) is 0 Å². The van der Waals surface area contributed by atoms with Crippen LogP contribution in [0, 0.1) is 0 Å². The van der Waals surface area contributed by atoms with E-state index < -0.39 is 0 Å². The quantitative estimate of drug-likeness (QED) is 0.863. The molecular weight excluding hydrogens is 252 g/mol. The lowest BCUT2D eigenvalue weighted by Crippen LogP contribution is -2.46. The Kier molecular flexibility index (Phi) is 3.92. The molecule has 0 saturated heterocycles. The van der Waals surface area contributed by atoms with Crippen molar-refractivity contribution in [1.82, 2.24) is 4.90 Å². The Labute approximate surface area is 119 Å². The van der Waals surface area contributed by atoms with Crippen LogP contribution in [0.15, 0.2) is 24.3 Å². The Morgan fingerprint density at radius 1 is 1.35 bits per heavy atom. The lowest BCUT2D eigenvalue weighted by Gasteiger charge is -2.37. The summed E-state index contributed by atoms with van der Waals surface area (Å²) in [6.45, 7) is 1.37. The SMILES string of the molecule is O=C(CC1CNc2ccccc21)N(CCO)C1CCC1. The van der Waals surface area contributed by atoms with Gasteiger partial charge in [0.15, 0.2) is 0 Å². The van der Waals surface area contributed by atoms with E-state index >= 15 is 0 Å². The summed E-state index contributed by atoms with van der Waals surface area (Å²) in [5, 5.41) is 12.5. The fraction of sp³-hybridized carbons (Fsp3) is 0.562. The van der Waals surface area contributed by atoms with Crippen LogP contribution in [0.1, 0.15) is 37.2 Å². The van der Waals surface area contributed by atoms with Gasteiger partial charge in [0.25, 0.3) is 0 Å². The first-order valence-corrected chi connectivity index (χ1v) is 7.52. The number of para-hydroxylation sites is 1. The average Bonchev–Trinajstić information content (AvgIpc) is 2.80. The first-order chi connectivity index (χ1) is 9.79. The first kappa shape index (κ1) is 13.4. The predicted octanol–water partition coefficient (Wildman–Crippen LogP) is 1.96. The van der Waals surface area contributed by atoms with Crippen LogP contribution in [0.4, 0.5) is 5.69 Å². The van der Waals surface area contributed by atoms with Crippen molar-refractivity contribution in [2.24, 2.45) is 0 Å². The van der Waals surface area contributed by atoms with Crippen molar-refractivity contribution in [3.05, 3.63) is 29.8 Å². The number of hydrogen-bond acceptors (Lipinski definition) is 3. The lowest BCUT2D eigenvalue weighted by atomic mass is 9.90. The molecular formula is C16H22N2O2. The van der Waals surface area contributed by atoms with Crippen molar-refractivity contribution in [1.29, 1.82) is 0 Å². The van der Waals surface area contributed by atoms with Gasteiger partial charge < -0.3 is 15.3 Å². The molecule has 1 fully saturated rings. The number of fused-ring (bicyclic) bond motifs is 1. The fourth-order valence-electron chi connectivity index (χ4n) is 3.18. The highest BCUT2D eigenvalue weighted by atomic mass is 16.3. The van der Waals surface area contributed by atoms with Gasteiger partial charge in [0.05, 0.1) is 6.61 Å². The highest BCUT2D eigenvalue weighted by molar-refractivity contribution is 5.78. The van der Waals surface area contributed by atoms with E-state index in [1.165, 1.54) is 12.0 Å². The molecule has 2 aliphatic rings. The minimum absolute atomic E-state index is 0.0573. The standard InChI is InChI=1S/C16H22N2O2/c19-9-8-18(13-4-3-5-13)16(20)10-12-11-17-15-7-2-1-6-14(12)15/h1-2,6-7,12-13,17,19H,3-5,8-11H2. The van der Waals surface area contributed by atoms with Gasteiger partial charge >= 0.3 is 0 Å². The summed E-state index contributed by atoms with van der Waals surface area (Å²) in [6, 6.07) is 8.58. The summed E-state index contributed by atoms with van der Waals surface area (Å²) in [4.78, 5) is 14.4. The molecule has 1 saturated carbocycles. The summed E-state index contributed by atoms with van der Waals surface area (Å²) < 4.78 is 0. The molecule has 4 heteroatoms. The molecule has 0 spiro atoms. The molecule has 1 aromatic rings. The molecule has 1 aromatic carbocycles. The van der Waals surface area contributed by atoms with E-state index in [1.807, 2.05) is 17.0 Å². The third-order valence-corrected chi connectivity index (χ3v) is 4.54. The maximum absolute atomic E-state index is 12.5. The number of rotatable bonds is 5. The molecule has 0 bridgehead atoms. The Bertz CT molecular complexity index is 485. The molecule has 4 nitrogen and oxygen atoms in total. The molecule has 1 aliphatic carbocycles. The third kappa shape index (κ3) is 2.52. The summed E-state index contributed by atoms with van der Waals surface area (Å²) >= 11 is 0. The number of anilines is 1. The Morgan fingerprint density at radius 3 is 2.85 bits per heavy atom. The van der Waals surface area contributed by atoms with Crippen LogP contribution in [0.25, 0.3) is 0 Å². The number of aliphatic hydroxyl groups excluding tert-OH is 1. The Balaban J connectivity index is 1.66. The molecule has 1 unspecified atom stereocenters. The van der Waals surface area contributed by atoms with Gasteiger partial charge in [0.1, 0.15) is 0 Å². The number of amides is 1. The van der Waals surface area contributed by atoms with Crippen molar-refractivity contribution < 1.29 is 9.90 Å². The summed E-state index contributed by atoms with van der Waals surface area (Å²) in [7, 11) is 0. The van der Waals surface area contributed by atoms with E-state index in [4.69, 9.17) is 5.11 Å². The Hall–Kier alpha value is -1.55. The molecule has 1 heterocycles. The van der Waals surface area contributed by atoms with Gasteiger partial charge in [-0.05, 0) is 30.9 Å². The van der Waals surface area contributed by atoms with Gasteiger partial charge in [-0.1, -0.05) is 18.2 Å². The average molecular weight is 274 g/mol. The fourth-order valence-corrected chi connectivity index (χ4v) is 3.18. The van der Waals surface area contributed by atoms with Gasteiger partial charge in [-0.25, -0.2) is 0 Å². The second-order valence-electron chi connectivity index (χ2n) is 5.76. The van der Waals surface area contributed by atoms with Gasteiger partial charge in [0, 0.05) is 37.2 Å².